The molecule has 26 heavy (non-hydrogen) atoms. The third-order valence-corrected chi connectivity index (χ3v) is 4.54. The summed E-state index contributed by atoms with van der Waals surface area (Å²) in [6.07, 6.45) is 4.10. The van der Waals surface area contributed by atoms with Crippen molar-refractivity contribution in [1.82, 2.24) is 19.5 Å². The molecule has 7 nitrogen and oxygen atoms in total. The van der Waals surface area contributed by atoms with Crippen LogP contribution < -0.4 is 10.9 Å². The molecule has 0 bridgehead atoms. The molecule has 3 N–H and O–H groups in total. The van der Waals surface area contributed by atoms with E-state index >= 15 is 0 Å². The van der Waals surface area contributed by atoms with Crippen molar-refractivity contribution in [2.24, 2.45) is 0 Å². The largest absolute Gasteiger partial charge is 0.396 e. The van der Waals surface area contributed by atoms with Crippen LogP contribution in [0.2, 0.25) is 0 Å². The monoisotopic (exact) mass is 355 g/mol. The fourth-order valence-corrected chi connectivity index (χ4v) is 3.03. The summed E-state index contributed by atoms with van der Waals surface area (Å²) < 4.78 is 1.79. The fraction of sp³-hybridized carbons (Fsp3) is 0.421. The number of H-pyrrole nitrogens is 1. The molecule has 0 saturated carbocycles. The van der Waals surface area contributed by atoms with E-state index in [2.05, 4.69) is 52.3 Å². The molecule has 0 radical (unpaired) electrons. The van der Waals surface area contributed by atoms with E-state index in [0.717, 1.165) is 18.4 Å². The van der Waals surface area contributed by atoms with Gasteiger partial charge >= 0.3 is 0 Å². The zero-order valence-electron chi connectivity index (χ0n) is 15.2. The van der Waals surface area contributed by atoms with Gasteiger partial charge in [0.05, 0.1) is 6.33 Å². The molecular weight excluding hydrogens is 330 g/mol. The lowest BCUT2D eigenvalue weighted by atomic mass is 10.0. The number of nitrogens with one attached hydrogen (secondary N) is 2. The van der Waals surface area contributed by atoms with Crippen LogP contribution >= 0.6 is 0 Å². The molecule has 0 unspecified atom stereocenters. The summed E-state index contributed by atoms with van der Waals surface area (Å²) in [5.74, 6) is 0.418. The highest BCUT2D eigenvalue weighted by atomic mass is 16.2. The molecule has 0 amide bonds. The van der Waals surface area contributed by atoms with Gasteiger partial charge in [-0.2, -0.15) is 4.98 Å². The van der Waals surface area contributed by atoms with Crippen molar-refractivity contribution < 1.29 is 5.11 Å². The highest BCUT2D eigenvalue weighted by Gasteiger charge is 2.10. The topological polar surface area (TPSA) is 95.8 Å². The third-order valence-electron chi connectivity index (χ3n) is 4.54. The average Bonchev–Trinajstić information content (AvgIpc) is 3.05. The lowest BCUT2D eigenvalue weighted by molar-refractivity contribution is 0.281. The quantitative estimate of drug-likeness (QED) is 0.539. The number of aliphatic hydroxyl groups is 1. The summed E-state index contributed by atoms with van der Waals surface area (Å²) in [5, 5.41) is 12.1. The standard InChI is InChI=1S/C19H25N5O2/c1-3-15-10-14(7-6-13(15)2)11-20-19-22-17-16(18(26)23-19)24(12-21-17)8-4-5-9-25/h6-7,10,12,25H,3-5,8-9,11H2,1-2H3,(H2,20,22,23,26). The fourth-order valence-electron chi connectivity index (χ4n) is 3.03. The van der Waals surface area contributed by atoms with Gasteiger partial charge in [0, 0.05) is 19.7 Å². The third kappa shape index (κ3) is 3.94. The van der Waals surface area contributed by atoms with E-state index in [9.17, 15) is 4.79 Å². The smallest absolute Gasteiger partial charge is 0.278 e. The summed E-state index contributed by atoms with van der Waals surface area (Å²) in [4.78, 5) is 23.9. The maximum Gasteiger partial charge on any atom is 0.278 e. The summed E-state index contributed by atoms with van der Waals surface area (Å²) in [6, 6.07) is 6.37. The van der Waals surface area contributed by atoms with Gasteiger partial charge < -0.3 is 15.0 Å². The van der Waals surface area contributed by atoms with Crippen LogP contribution in [0.1, 0.15) is 36.5 Å². The Bertz CT molecular complexity index is 945. The van der Waals surface area contributed by atoms with Crippen molar-refractivity contribution in [1.29, 1.82) is 0 Å². The number of aromatic amines is 1. The number of benzene rings is 1. The average molecular weight is 355 g/mol. The maximum atomic E-state index is 12.4. The second-order valence-electron chi connectivity index (χ2n) is 6.42. The van der Waals surface area contributed by atoms with Crippen LogP contribution in [0.4, 0.5) is 5.95 Å². The molecule has 0 fully saturated rings. The van der Waals surface area contributed by atoms with Crippen LogP contribution in [0.3, 0.4) is 0 Å². The number of imidazole rings is 1. The van der Waals surface area contributed by atoms with E-state index in [0.29, 0.717) is 36.6 Å². The molecule has 0 atom stereocenters. The lowest BCUT2D eigenvalue weighted by Crippen LogP contribution is -2.16. The number of hydrogen-bond donors (Lipinski definition) is 3. The molecule has 138 valence electrons. The molecule has 0 aliphatic rings. The number of aliphatic hydroxyl groups excluding tert-OH is 1. The highest BCUT2D eigenvalue weighted by Crippen LogP contribution is 2.14. The molecular formula is C19H25N5O2. The Hall–Kier alpha value is -2.67. The number of nitrogens with zero attached hydrogens (tertiary/aromatic N) is 3. The minimum atomic E-state index is -0.211. The second kappa shape index (κ2) is 8.14. The Kier molecular flexibility index (Phi) is 5.68. The van der Waals surface area contributed by atoms with Gasteiger partial charge in [0.2, 0.25) is 5.95 Å². The molecule has 7 heteroatoms. The predicted molar refractivity (Wildman–Crippen MR) is 102 cm³/mol. The summed E-state index contributed by atoms with van der Waals surface area (Å²) >= 11 is 0. The molecule has 3 rings (SSSR count). The lowest BCUT2D eigenvalue weighted by Gasteiger charge is -2.09. The van der Waals surface area contributed by atoms with E-state index in [1.165, 1.54) is 11.1 Å². The second-order valence-corrected chi connectivity index (χ2v) is 6.42. The van der Waals surface area contributed by atoms with Gasteiger partial charge in [0.25, 0.3) is 5.56 Å². The molecule has 0 aliphatic heterocycles. The Morgan fingerprint density at radius 1 is 1.31 bits per heavy atom. The molecule has 0 saturated heterocycles. The van der Waals surface area contributed by atoms with E-state index in [-0.39, 0.29) is 12.2 Å². The van der Waals surface area contributed by atoms with Crippen LogP contribution in [0.25, 0.3) is 11.2 Å². The van der Waals surface area contributed by atoms with E-state index in [1.807, 2.05) is 0 Å². The van der Waals surface area contributed by atoms with Gasteiger partial charge in [-0.25, -0.2) is 4.98 Å². The molecule has 1 aromatic carbocycles. The van der Waals surface area contributed by atoms with Crippen molar-refractivity contribution in [2.75, 3.05) is 11.9 Å². The first-order valence-corrected chi connectivity index (χ1v) is 9.00. The molecule has 2 aromatic heterocycles. The number of hydrogen-bond acceptors (Lipinski definition) is 5. The van der Waals surface area contributed by atoms with E-state index in [1.54, 1.807) is 10.9 Å². The van der Waals surface area contributed by atoms with Gasteiger partial charge in [-0.3, -0.25) is 9.78 Å². The summed E-state index contributed by atoms with van der Waals surface area (Å²) in [6.45, 7) is 5.62. The normalized spacial score (nSPS) is 11.2. The summed E-state index contributed by atoms with van der Waals surface area (Å²) in [5.41, 5.74) is 4.44. The van der Waals surface area contributed by atoms with Crippen molar-refractivity contribution >= 4 is 17.1 Å². The van der Waals surface area contributed by atoms with Crippen molar-refractivity contribution in [3.63, 3.8) is 0 Å². The highest BCUT2D eigenvalue weighted by molar-refractivity contribution is 5.70. The minimum absolute atomic E-state index is 0.147. The number of unbranched alkanes of at least 4 members (excludes halogenated alkanes) is 1. The molecule has 3 aromatic rings. The summed E-state index contributed by atoms with van der Waals surface area (Å²) in [7, 11) is 0. The zero-order valence-corrected chi connectivity index (χ0v) is 15.2. The van der Waals surface area contributed by atoms with Crippen molar-refractivity contribution in [3.8, 4) is 0 Å². The van der Waals surface area contributed by atoms with Crippen LogP contribution in [-0.2, 0) is 19.5 Å². The molecule has 0 spiro atoms. The Balaban J connectivity index is 1.76. The van der Waals surface area contributed by atoms with Gasteiger partial charge in [-0.15, -0.1) is 0 Å². The van der Waals surface area contributed by atoms with Crippen LogP contribution in [0.5, 0.6) is 0 Å². The first kappa shape index (κ1) is 18.1. The number of anilines is 1. The van der Waals surface area contributed by atoms with Gasteiger partial charge in [-0.05, 0) is 42.9 Å². The SMILES string of the molecule is CCc1cc(CNc2nc3ncn(CCCCO)c3c(=O)[nH]2)ccc1C. The maximum absolute atomic E-state index is 12.4. The van der Waals surface area contributed by atoms with Crippen LogP contribution in [0.15, 0.2) is 29.3 Å². The van der Waals surface area contributed by atoms with Crippen molar-refractivity contribution in [2.45, 2.75) is 46.2 Å². The number of aromatic nitrogens is 4. The van der Waals surface area contributed by atoms with Gasteiger partial charge in [0.15, 0.2) is 11.2 Å². The molecule has 2 heterocycles. The number of fused-ring (bicyclic) bond motifs is 1. The van der Waals surface area contributed by atoms with Gasteiger partial charge in [-0.1, -0.05) is 25.1 Å². The van der Waals surface area contributed by atoms with E-state index in [4.69, 9.17) is 5.11 Å². The predicted octanol–water partition coefficient (Wildman–Crippen LogP) is 2.38. The van der Waals surface area contributed by atoms with E-state index < -0.39 is 0 Å². The number of aryl methyl sites for hydroxylation is 3. The van der Waals surface area contributed by atoms with Crippen LogP contribution in [-0.4, -0.2) is 31.2 Å². The Morgan fingerprint density at radius 2 is 2.15 bits per heavy atom. The first-order valence-electron chi connectivity index (χ1n) is 9.00. The van der Waals surface area contributed by atoms with Crippen LogP contribution in [0, 0.1) is 6.92 Å². The number of rotatable bonds is 8. The zero-order chi connectivity index (χ0) is 18.5. The Labute approximate surface area is 152 Å². The minimum Gasteiger partial charge on any atom is -0.396 e. The van der Waals surface area contributed by atoms with Gasteiger partial charge in [0.1, 0.15) is 0 Å². The van der Waals surface area contributed by atoms with Crippen molar-refractivity contribution in [3.05, 3.63) is 51.6 Å². The first-order chi connectivity index (χ1) is 12.6. The Morgan fingerprint density at radius 3 is 2.92 bits per heavy atom. The molecule has 0 aliphatic carbocycles.